The van der Waals surface area contributed by atoms with E-state index in [1.165, 1.54) is 8.61 Å². The van der Waals surface area contributed by atoms with Crippen molar-refractivity contribution in [1.82, 2.24) is 13.6 Å². The molecule has 18 heavy (non-hydrogen) atoms. The lowest BCUT2D eigenvalue weighted by atomic mass is 10.3. The first-order valence-corrected chi connectivity index (χ1v) is 7.24. The van der Waals surface area contributed by atoms with Crippen LogP contribution in [0.2, 0.25) is 0 Å². The predicted octanol–water partition coefficient (Wildman–Crippen LogP) is 0.0100. The fraction of sp³-hybridized carbons (Fsp3) is 0.545. The maximum atomic E-state index is 12.0. The van der Waals surface area contributed by atoms with Gasteiger partial charge in [0.1, 0.15) is 0 Å². The van der Waals surface area contributed by atoms with Crippen LogP contribution in [0.3, 0.4) is 0 Å². The Kier molecular flexibility index (Phi) is 3.84. The molecular weight excluding hydrogens is 252 g/mol. The van der Waals surface area contributed by atoms with Gasteiger partial charge in [0.15, 0.2) is 0 Å². The van der Waals surface area contributed by atoms with Gasteiger partial charge in [0.25, 0.3) is 10.2 Å². The lowest BCUT2D eigenvalue weighted by Crippen LogP contribution is -2.51. The maximum Gasteiger partial charge on any atom is 0.281 e. The van der Waals surface area contributed by atoms with E-state index in [2.05, 4.69) is 9.88 Å². The molecular formula is C11H18N4O2S. The van der Waals surface area contributed by atoms with Crippen LogP contribution >= 0.6 is 0 Å². The Hall–Kier alpha value is -1.18. The minimum atomic E-state index is -3.28. The van der Waals surface area contributed by atoms with Crippen molar-refractivity contribution in [1.29, 1.82) is 0 Å². The molecule has 1 aliphatic rings. The van der Waals surface area contributed by atoms with Crippen LogP contribution in [0.4, 0.5) is 5.69 Å². The van der Waals surface area contributed by atoms with Crippen LogP contribution in [0, 0.1) is 0 Å². The summed E-state index contributed by atoms with van der Waals surface area (Å²) in [5.41, 5.74) is 1.09. The molecule has 1 fully saturated rings. The Morgan fingerprint density at radius 3 is 2.17 bits per heavy atom. The first-order valence-electron chi connectivity index (χ1n) is 5.84. The molecule has 0 aliphatic carbocycles. The van der Waals surface area contributed by atoms with Crippen LogP contribution in [-0.2, 0) is 10.2 Å². The van der Waals surface area contributed by atoms with E-state index in [4.69, 9.17) is 0 Å². The van der Waals surface area contributed by atoms with Crippen molar-refractivity contribution in [2.45, 2.75) is 0 Å². The van der Waals surface area contributed by atoms with E-state index in [0.717, 1.165) is 5.69 Å². The zero-order chi connectivity index (χ0) is 13.2. The number of hydrogen-bond donors (Lipinski definition) is 0. The highest BCUT2D eigenvalue weighted by molar-refractivity contribution is 7.86. The van der Waals surface area contributed by atoms with Gasteiger partial charge in [-0.1, -0.05) is 0 Å². The molecule has 2 rings (SSSR count). The number of anilines is 1. The van der Waals surface area contributed by atoms with E-state index in [1.807, 2.05) is 12.1 Å². The highest BCUT2D eigenvalue weighted by Crippen LogP contribution is 2.16. The van der Waals surface area contributed by atoms with Crippen molar-refractivity contribution in [3.05, 3.63) is 24.5 Å². The summed E-state index contributed by atoms with van der Waals surface area (Å²) >= 11 is 0. The monoisotopic (exact) mass is 270 g/mol. The van der Waals surface area contributed by atoms with Crippen LogP contribution < -0.4 is 4.90 Å². The summed E-state index contributed by atoms with van der Waals surface area (Å²) in [6.45, 7) is 2.44. The SMILES string of the molecule is CN(C)S(=O)(=O)N1CCN(c2ccncc2)CC1. The van der Waals surface area contributed by atoms with Crippen molar-refractivity contribution in [2.24, 2.45) is 0 Å². The highest BCUT2D eigenvalue weighted by Gasteiger charge is 2.28. The fourth-order valence-corrected chi connectivity index (χ4v) is 3.05. The van der Waals surface area contributed by atoms with Gasteiger partial charge >= 0.3 is 0 Å². The second kappa shape index (κ2) is 5.21. The minimum absolute atomic E-state index is 0.517. The molecule has 0 N–H and O–H groups in total. The Morgan fingerprint density at radius 1 is 1.11 bits per heavy atom. The first kappa shape index (κ1) is 13.3. The van der Waals surface area contributed by atoms with Crippen LogP contribution in [-0.4, -0.2) is 62.3 Å². The van der Waals surface area contributed by atoms with E-state index in [-0.39, 0.29) is 0 Å². The summed E-state index contributed by atoms with van der Waals surface area (Å²) in [5.74, 6) is 0. The number of aromatic nitrogens is 1. The molecule has 0 atom stereocenters. The van der Waals surface area contributed by atoms with Gasteiger partial charge in [-0.3, -0.25) is 4.98 Å². The summed E-state index contributed by atoms with van der Waals surface area (Å²) in [4.78, 5) is 6.15. The Bertz CT molecular complexity index is 481. The number of piperazine rings is 1. The predicted molar refractivity (Wildman–Crippen MR) is 70.6 cm³/mol. The molecule has 2 heterocycles. The van der Waals surface area contributed by atoms with Crippen LogP contribution in [0.5, 0.6) is 0 Å². The molecule has 6 nitrogen and oxygen atoms in total. The topological polar surface area (TPSA) is 56.8 Å². The van der Waals surface area contributed by atoms with Gasteiger partial charge in [0, 0.05) is 58.4 Å². The Balaban J connectivity index is 2.01. The molecule has 0 amide bonds. The Labute approximate surface area is 108 Å². The van der Waals surface area contributed by atoms with Crippen molar-refractivity contribution in [3.8, 4) is 0 Å². The molecule has 7 heteroatoms. The quantitative estimate of drug-likeness (QED) is 0.776. The summed E-state index contributed by atoms with van der Waals surface area (Å²) in [6, 6.07) is 3.88. The van der Waals surface area contributed by atoms with Gasteiger partial charge in [-0.25, -0.2) is 0 Å². The van der Waals surface area contributed by atoms with E-state index in [9.17, 15) is 8.42 Å². The average molecular weight is 270 g/mol. The maximum absolute atomic E-state index is 12.0. The first-order chi connectivity index (χ1) is 8.51. The van der Waals surface area contributed by atoms with E-state index in [1.54, 1.807) is 26.5 Å². The molecule has 100 valence electrons. The van der Waals surface area contributed by atoms with Crippen LogP contribution in [0.25, 0.3) is 0 Å². The van der Waals surface area contributed by atoms with Crippen molar-refractivity contribution in [2.75, 3.05) is 45.2 Å². The minimum Gasteiger partial charge on any atom is -0.369 e. The van der Waals surface area contributed by atoms with Gasteiger partial charge < -0.3 is 4.90 Å². The molecule has 1 aromatic heterocycles. The number of pyridine rings is 1. The zero-order valence-electron chi connectivity index (χ0n) is 10.7. The molecule has 0 bridgehead atoms. The molecule has 1 aliphatic heterocycles. The van der Waals surface area contributed by atoms with E-state index < -0.39 is 10.2 Å². The lowest BCUT2D eigenvalue weighted by molar-refractivity contribution is 0.355. The van der Waals surface area contributed by atoms with Gasteiger partial charge in [-0.15, -0.1) is 0 Å². The molecule has 0 aromatic carbocycles. The van der Waals surface area contributed by atoms with E-state index >= 15 is 0 Å². The second-order valence-electron chi connectivity index (χ2n) is 4.38. The summed E-state index contributed by atoms with van der Waals surface area (Å²) in [7, 11) is -0.158. The molecule has 0 unspecified atom stereocenters. The third kappa shape index (κ3) is 2.63. The fourth-order valence-electron chi connectivity index (χ4n) is 1.96. The number of hydrogen-bond acceptors (Lipinski definition) is 4. The second-order valence-corrected chi connectivity index (χ2v) is 6.52. The number of rotatable bonds is 3. The number of nitrogens with zero attached hydrogens (tertiary/aromatic N) is 4. The smallest absolute Gasteiger partial charge is 0.281 e. The standard InChI is InChI=1S/C11H18N4O2S/c1-13(2)18(16,17)15-9-7-14(8-10-15)11-3-5-12-6-4-11/h3-6H,7-10H2,1-2H3. The van der Waals surface area contributed by atoms with Gasteiger partial charge in [-0.2, -0.15) is 17.0 Å². The third-order valence-corrected chi connectivity index (χ3v) is 4.99. The molecule has 0 saturated carbocycles. The summed E-state index contributed by atoms with van der Waals surface area (Å²) in [6.07, 6.45) is 3.50. The summed E-state index contributed by atoms with van der Waals surface area (Å²) < 4.78 is 26.7. The normalized spacial score (nSPS) is 18.3. The van der Waals surface area contributed by atoms with Crippen molar-refractivity contribution < 1.29 is 8.42 Å². The highest BCUT2D eigenvalue weighted by atomic mass is 32.2. The van der Waals surface area contributed by atoms with Gasteiger partial charge in [0.2, 0.25) is 0 Å². The molecule has 0 spiro atoms. The van der Waals surface area contributed by atoms with Crippen LogP contribution in [0.15, 0.2) is 24.5 Å². The average Bonchev–Trinajstić information content (AvgIpc) is 2.40. The molecule has 1 saturated heterocycles. The van der Waals surface area contributed by atoms with Gasteiger partial charge in [0.05, 0.1) is 0 Å². The lowest BCUT2D eigenvalue weighted by Gasteiger charge is -2.36. The van der Waals surface area contributed by atoms with Crippen LogP contribution in [0.1, 0.15) is 0 Å². The van der Waals surface area contributed by atoms with Crippen molar-refractivity contribution in [3.63, 3.8) is 0 Å². The Morgan fingerprint density at radius 2 is 1.67 bits per heavy atom. The van der Waals surface area contributed by atoms with Crippen molar-refractivity contribution >= 4 is 15.9 Å². The molecule has 1 aromatic rings. The van der Waals surface area contributed by atoms with Gasteiger partial charge in [-0.05, 0) is 12.1 Å². The third-order valence-electron chi connectivity index (χ3n) is 3.05. The largest absolute Gasteiger partial charge is 0.369 e. The zero-order valence-corrected chi connectivity index (χ0v) is 11.5. The molecule has 0 radical (unpaired) electrons. The summed E-state index contributed by atoms with van der Waals surface area (Å²) in [5, 5.41) is 0. The van der Waals surface area contributed by atoms with E-state index in [0.29, 0.717) is 26.2 Å².